The third kappa shape index (κ3) is 9.34. The molecule has 72 heavy (non-hydrogen) atoms. The minimum Gasteiger partial charge on any atom is -0.497 e. The van der Waals surface area contributed by atoms with Gasteiger partial charge >= 0.3 is 18.3 Å². The largest absolute Gasteiger partial charge is 0.497 e. The Hall–Kier alpha value is -6.31. The van der Waals surface area contributed by atoms with Crippen molar-refractivity contribution in [2.24, 2.45) is 0 Å². The lowest BCUT2D eigenvalue weighted by molar-refractivity contribution is -0.137. The lowest BCUT2D eigenvalue weighted by Gasteiger charge is -2.48. The van der Waals surface area contributed by atoms with Gasteiger partial charge in [-0.2, -0.15) is 23.1 Å². The molecule has 5 aromatic rings. The highest BCUT2D eigenvalue weighted by atomic mass is 19.4. The number of carbonyl (C=O) groups excluding carboxylic acids is 1. The molecule has 2 aromatic heterocycles. The van der Waals surface area contributed by atoms with Crippen LogP contribution in [0.25, 0.3) is 22.2 Å². The van der Waals surface area contributed by atoms with Gasteiger partial charge in [0, 0.05) is 39.1 Å². The number of amides is 1. The zero-order valence-corrected chi connectivity index (χ0v) is 41.4. The summed E-state index contributed by atoms with van der Waals surface area (Å²) >= 11 is 0. The van der Waals surface area contributed by atoms with Crippen molar-refractivity contribution in [2.45, 2.75) is 122 Å². The molecule has 0 bridgehead atoms. The van der Waals surface area contributed by atoms with Crippen LogP contribution in [0.2, 0.25) is 0 Å². The Labute approximate surface area is 413 Å². The topological polar surface area (TPSA) is 115 Å². The Morgan fingerprint density at radius 3 is 2.11 bits per heavy atom. The predicted octanol–water partition coefficient (Wildman–Crippen LogP) is 10.6. The van der Waals surface area contributed by atoms with Crippen molar-refractivity contribution in [1.29, 1.82) is 0 Å². The Kier molecular flexibility index (Phi) is 13.5. The van der Waals surface area contributed by atoms with Crippen LogP contribution >= 0.6 is 0 Å². The van der Waals surface area contributed by atoms with Crippen LogP contribution in [0.3, 0.4) is 0 Å². The van der Waals surface area contributed by atoms with Crippen LogP contribution in [0.1, 0.15) is 82.6 Å². The van der Waals surface area contributed by atoms with Gasteiger partial charge in [-0.25, -0.2) is 27.3 Å². The first kappa shape index (κ1) is 50.6. The second-order valence-corrected chi connectivity index (χ2v) is 20.1. The second kappa shape index (κ2) is 19.3. The average molecular weight is 1010 g/mol. The number of alkyl halides is 4. The third-order valence-electron chi connectivity index (χ3n) is 14.3. The molecular weight excluding hydrogens is 952 g/mol. The number of methoxy groups -OCH3 is 2. The number of anilines is 2. The van der Waals surface area contributed by atoms with Crippen molar-refractivity contribution < 1.29 is 59.2 Å². The minimum absolute atomic E-state index is 0.0489. The van der Waals surface area contributed by atoms with Crippen molar-refractivity contribution in [3.8, 4) is 34.6 Å². The average Bonchev–Trinajstić information content (AvgIpc) is 3.83. The number of rotatable bonds is 12. The monoisotopic (exact) mass is 1010 g/mol. The summed E-state index contributed by atoms with van der Waals surface area (Å²) in [4.78, 5) is 34.1. The van der Waals surface area contributed by atoms with E-state index < -0.39 is 105 Å². The Balaban J connectivity index is 1.25. The van der Waals surface area contributed by atoms with Crippen LogP contribution in [-0.2, 0) is 24.0 Å². The fourth-order valence-corrected chi connectivity index (χ4v) is 11.0. The molecule has 20 heteroatoms. The molecule has 0 saturated carbocycles. The molecule has 0 unspecified atom stereocenters. The Morgan fingerprint density at radius 2 is 1.53 bits per heavy atom. The molecule has 3 saturated heterocycles. The molecule has 9 rings (SSSR count). The fraction of sp³-hybridized carbons (Fsp3) is 0.500. The summed E-state index contributed by atoms with van der Waals surface area (Å²) in [5, 5.41) is -0.141. The standard InChI is InChI=1S/C52H58F7N7O6/c1-9-35-44-29(3)71-47-37-43(61-48(70-27-51-19-10-20-64(51)26-32(53)23-51)62-46(37)66(44)22-21-65(35)49(67)72-50(4,5)6)41(56)42(60-47)36-38(52(57,58)59)28(2)39(54)45(40(36)55)63(24-30-11-15-33(68-7)16-12-30)25-31-13-17-34(69-8)18-14-31/h11-18,29,32,35,44H,9-10,19-27H2,1-8H3/t29-,32+,35-,44+,51-/m0/s1. The zero-order chi connectivity index (χ0) is 51.6. The van der Waals surface area contributed by atoms with E-state index in [1.54, 1.807) is 81.1 Å². The summed E-state index contributed by atoms with van der Waals surface area (Å²) in [6.07, 6.45) is -6.12. The maximum atomic E-state index is 18.1. The molecule has 3 fully saturated rings. The molecule has 3 aromatic carbocycles. The van der Waals surface area contributed by atoms with E-state index in [0.717, 1.165) is 13.3 Å². The van der Waals surface area contributed by atoms with Crippen LogP contribution < -0.4 is 28.7 Å². The van der Waals surface area contributed by atoms with E-state index in [1.165, 1.54) is 19.1 Å². The first-order chi connectivity index (χ1) is 34.1. The summed E-state index contributed by atoms with van der Waals surface area (Å²) in [6.45, 7) is 10.2. The van der Waals surface area contributed by atoms with E-state index >= 15 is 26.3 Å². The van der Waals surface area contributed by atoms with Crippen molar-refractivity contribution in [2.75, 3.05) is 56.8 Å². The van der Waals surface area contributed by atoms with Gasteiger partial charge < -0.3 is 38.4 Å². The summed E-state index contributed by atoms with van der Waals surface area (Å²) in [5.74, 6) is -4.13. The summed E-state index contributed by atoms with van der Waals surface area (Å²) < 4.78 is 144. The van der Waals surface area contributed by atoms with E-state index in [-0.39, 0.29) is 63.0 Å². The van der Waals surface area contributed by atoms with E-state index in [0.29, 0.717) is 42.0 Å². The molecule has 1 amide bonds. The first-order valence-electron chi connectivity index (χ1n) is 24.1. The molecule has 13 nitrogen and oxygen atoms in total. The highest BCUT2D eigenvalue weighted by molar-refractivity contribution is 5.98. The fourth-order valence-electron chi connectivity index (χ4n) is 11.0. The normalized spacial score (nSPS) is 22.0. The summed E-state index contributed by atoms with van der Waals surface area (Å²) in [5.41, 5.74) is -7.31. The van der Waals surface area contributed by atoms with Crippen molar-refractivity contribution >= 4 is 28.5 Å². The van der Waals surface area contributed by atoms with Crippen molar-refractivity contribution in [3.05, 3.63) is 88.2 Å². The summed E-state index contributed by atoms with van der Waals surface area (Å²) in [6, 6.07) is 11.4. The van der Waals surface area contributed by atoms with Gasteiger partial charge in [-0.05, 0) is 101 Å². The lowest BCUT2D eigenvalue weighted by atomic mass is 9.94. The Bertz CT molecular complexity index is 2800. The molecule has 0 radical (unpaired) electrons. The van der Waals surface area contributed by atoms with E-state index in [1.807, 2.05) is 16.7 Å². The SMILES string of the molecule is CC[C@H]1[C@H]2[C@H](C)Oc3nc(-c4c(F)c(N(Cc5ccc(OC)cc5)Cc5ccc(OC)cc5)c(F)c(C)c4C(F)(F)F)c(F)c4nc(OC[C@@]56CCCN5C[C@H](F)C6)nc(c34)N2CCN1C(=O)OC(C)(C)C. The van der Waals surface area contributed by atoms with Crippen LogP contribution in [0.15, 0.2) is 48.5 Å². The van der Waals surface area contributed by atoms with Gasteiger partial charge in [-0.3, -0.25) is 4.90 Å². The number of nitrogens with zero attached hydrogens (tertiary/aromatic N) is 7. The number of pyridine rings is 1. The number of benzene rings is 3. The molecule has 0 aliphatic carbocycles. The number of hydrogen-bond acceptors (Lipinski definition) is 12. The van der Waals surface area contributed by atoms with Gasteiger partial charge in [0.15, 0.2) is 17.5 Å². The lowest BCUT2D eigenvalue weighted by Crippen LogP contribution is -2.65. The molecule has 5 atom stereocenters. The van der Waals surface area contributed by atoms with Gasteiger partial charge in [0.2, 0.25) is 5.88 Å². The number of piperazine rings is 1. The number of hydrogen-bond donors (Lipinski definition) is 0. The summed E-state index contributed by atoms with van der Waals surface area (Å²) in [7, 11) is 2.94. The molecule has 4 aliphatic heterocycles. The van der Waals surface area contributed by atoms with Gasteiger partial charge in [-0.1, -0.05) is 31.2 Å². The van der Waals surface area contributed by atoms with E-state index in [2.05, 4.69) is 9.97 Å². The maximum absolute atomic E-state index is 18.1. The number of aromatic nitrogens is 3. The molecule has 0 N–H and O–H groups in total. The van der Waals surface area contributed by atoms with Crippen molar-refractivity contribution in [3.63, 3.8) is 0 Å². The quantitative estimate of drug-likeness (QED) is 0.111. The first-order valence-corrected chi connectivity index (χ1v) is 24.1. The predicted molar refractivity (Wildman–Crippen MR) is 255 cm³/mol. The maximum Gasteiger partial charge on any atom is 0.417 e. The molecule has 4 aliphatic rings. The number of ether oxygens (including phenoxy) is 5. The van der Waals surface area contributed by atoms with Crippen LogP contribution in [-0.4, -0.2) is 113 Å². The Morgan fingerprint density at radius 1 is 0.889 bits per heavy atom. The molecule has 0 spiro atoms. The smallest absolute Gasteiger partial charge is 0.417 e. The van der Waals surface area contributed by atoms with Crippen LogP contribution in [0.4, 0.5) is 47.0 Å². The number of fused-ring (bicyclic) bond motifs is 3. The molecule has 386 valence electrons. The van der Waals surface area contributed by atoms with Gasteiger partial charge in [0.25, 0.3) is 0 Å². The number of halogens is 7. The van der Waals surface area contributed by atoms with Crippen LogP contribution in [0.5, 0.6) is 23.4 Å². The van der Waals surface area contributed by atoms with E-state index in [9.17, 15) is 9.18 Å². The van der Waals surface area contributed by atoms with Gasteiger partial charge in [-0.15, -0.1) is 0 Å². The second-order valence-electron chi connectivity index (χ2n) is 20.1. The van der Waals surface area contributed by atoms with Gasteiger partial charge in [0.05, 0.1) is 43.0 Å². The highest BCUT2D eigenvalue weighted by Crippen LogP contribution is 2.50. The zero-order valence-electron chi connectivity index (χ0n) is 41.4. The van der Waals surface area contributed by atoms with Crippen LogP contribution in [0, 0.1) is 24.4 Å². The molecular formula is C52H58F7N7O6. The third-order valence-corrected chi connectivity index (χ3v) is 14.3. The van der Waals surface area contributed by atoms with E-state index in [4.69, 9.17) is 28.7 Å². The highest BCUT2D eigenvalue weighted by Gasteiger charge is 2.51. The van der Waals surface area contributed by atoms with Crippen molar-refractivity contribution in [1.82, 2.24) is 24.8 Å². The molecule has 6 heterocycles. The minimum atomic E-state index is -5.45. The number of carbonyl (C=O) groups is 1. The van der Waals surface area contributed by atoms with Gasteiger partial charge in [0.1, 0.15) is 64.1 Å².